The van der Waals surface area contributed by atoms with E-state index in [2.05, 4.69) is 35.1 Å². The van der Waals surface area contributed by atoms with Crippen molar-refractivity contribution in [3.63, 3.8) is 0 Å². The number of halogens is 2. The van der Waals surface area contributed by atoms with Crippen molar-refractivity contribution in [2.24, 2.45) is 5.92 Å². The Bertz CT molecular complexity index is 411. The van der Waals surface area contributed by atoms with Crippen LogP contribution < -0.4 is 5.32 Å². The van der Waals surface area contributed by atoms with Gasteiger partial charge in [-0.3, -0.25) is 0 Å². The average Bonchev–Trinajstić information content (AvgIpc) is 2.32. The molecule has 1 aliphatic heterocycles. The first-order valence-electron chi connectivity index (χ1n) is 6.37. The summed E-state index contributed by atoms with van der Waals surface area (Å²) in [4.78, 5) is 0. The minimum atomic E-state index is -0.235. The fourth-order valence-electron chi connectivity index (χ4n) is 2.28. The van der Waals surface area contributed by atoms with Gasteiger partial charge in [-0.05, 0) is 46.0 Å². The Kier molecular flexibility index (Phi) is 4.76. The average molecular weight is 316 g/mol. The molecule has 1 saturated heterocycles. The lowest BCUT2D eigenvalue weighted by atomic mass is 10.0. The van der Waals surface area contributed by atoms with E-state index in [0.717, 1.165) is 25.1 Å². The quantitative estimate of drug-likeness (QED) is 0.919. The smallest absolute Gasteiger partial charge is 0.137 e. The first-order valence-corrected chi connectivity index (χ1v) is 7.16. The number of hydrogen-bond donors (Lipinski definition) is 1. The van der Waals surface area contributed by atoms with Crippen LogP contribution in [0.15, 0.2) is 22.7 Å². The molecule has 1 heterocycles. The molecule has 4 heteroatoms. The van der Waals surface area contributed by atoms with Crippen LogP contribution in [0.1, 0.15) is 31.9 Å². The minimum absolute atomic E-state index is 0.0133. The van der Waals surface area contributed by atoms with E-state index in [9.17, 15) is 4.39 Å². The maximum absolute atomic E-state index is 13.2. The van der Waals surface area contributed by atoms with Gasteiger partial charge in [0, 0.05) is 13.1 Å². The van der Waals surface area contributed by atoms with Gasteiger partial charge in [-0.2, -0.15) is 0 Å². The molecule has 0 saturated carbocycles. The summed E-state index contributed by atoms with van der Waals surface area (Å²) in [6.45, 7) is 6.08. The molecule has 2 nitrogen and oxygen atoms in total. The molecule has 0 amide bonds. The number of morpholine rings is 1. The lowest BCUT2D eigenvalue weighted by Gasteiger charge is -2.32. The van der Waals surface area contributed by atoms with Gasteiger partial charge in [-0.1, -0.05) is 19.9 Å². The number of benzene rings is 1. The van der Waals surface area contributed by atoms with Gasteiger partial charge in [-0.25, -0.2) is 4.39 Å². The van der Waals surface area contributed by atoms with E-state index in [1.165, 1.54) is 6.07 Å². The van der Waals surface area contributed by atoms with E-state index in [0.29, 0.717) is 10.4 Å². The van der Waals surface area contributed by atoms with Crippen molar-refractivity contribution in [2.45, 2.75) is 32.5 Å². The number of ether oxygens (including phenoxy) is 1. The topological polar surface area (TPSA) is 21.3 Å². The Balaban J connectivity index is 2.05. The maximum atomic E-state index is 13.2. The highest BCUT2D eigenvalue weighted by atomic mass is 79.9. The Labute approximate surface area is 116 Å². The van der Waals surface area contributed by atoms with Crippen LogP contribution >= 0.6 is 15.9 Å². The summed E-state index contributed by atoms with van der Waals surface area (Å²) in [5.41, 5.74) is 1.02. The Morgan fingerprint density at radius 3 is 2.89 bits per heavy atom. The molecule has 0 radical (unpaired) electrons. The normalized spacial score (nSPS) is 24.5. The molecule has 0 aliphatic carbocycles. The molecule has 1 aromatic rings. The molecule has 0 bridgehead atoms. The van der Waals surface area contributed by atoms with Crippen LogP contribution in [-0.4, -0.2) is 19.2 Å². The van der Waals surface area contributed by atoms with Gasteiger partial charge in [0.05, 0.1) is 16.7 Å². The summed E-state index contributed by atoms with van der Waals surface area (Å²) in [5.74, 6) is 0.386. The van der Waals surface area contributed by atoms with Crippen LogP contribution in [0.3, 0.4) is 0 Å². The van der Waals surface area contributed by atoms with E-state index >= 15 is 0 Å². The largest absolute Gasteiger partial charge is 0.368 e. The van der Waals surface area contributed by atoms with E-state index in [1.54, 1.807) is 12.1 Å². The zero-order valence-electron chi connectivity index (χ0n) is 10.7. The van der Waals surface area contributed by atoms with Crippen molar-refractivity contribution in [2.75, 3.05) is 13.1 Å². The Morgan fingerprint density at radius 1 is 1.44 bits per heavy atom. The Hall–Kier alpha value is -0.450. The van der Waals surface area contributed by atoms with Crippen molar-refractivity contribution < 1.29 is 9.13 Å². The second-order valence-corrected chi connectivity index (χ2v) is 6.06. The summed E-state index contributed by atoms with van der Waals surface area (Å²) in [5, 5.41) is 3.39. The summed E-state index contributed by atoms with van der Waals surface area (Å²) >= 11 is 3.22. The third-order valence-electron chi connectivity index (χ3n) is 3.11. The molecule has 0 spiro atoms. The zero-order chi connectivity index (χ0) is 13.1. The third-order valence-corrected chi connectivity index (χ3v) is 3.72. The fraction of sp³-hybridized carbons (Fsp3) is 0.571. The summed E-state index contributed by atoms with van der Waals surface area (Å²) in [6.07, 6.45) is 1.30. The van der Waals surface area contributed by atoms with Crippen LogP contribution in [0.5, 0.6) is 0 Å². The molecular weight excluding hydrogens is 297 g/mol. The second kappa shape index (κ2) is 6.13. The monoisotopic (exact) mass is 315 g/mol. The molecule has 1 aromatic carbocycles. The zero-order valence-corrected chi connectivity index (χ0v) is 12.3. The van der Waals surface area contributed by atoms with Gasteiger partial charge in [-0.15, -0.1) is 0 Å². The molecule has 0 aromatic heterocycles. The molecule has 1 fully saturated rings. The predicted octanol–water partition coefficient (Wildman–Crippen LogP) is 3.66. The van der Waals surface area contributed by atoms with Crippen molar-refractivity contribution in [1.82, 2.24) is 5.32 Å². The standard InChI is InChI=1S/C14H19BrFNO/c1-9(2)5-11-7-17-8-14(18-11)10-3-4-13(16)12(15)6-10/h3-4,6,9,11,14,17H,5,7-8H2,1-2H3. The van der Waals surface area contributed by atoms with Crippen LogP contribution in [0.2, 0.25) is 0 Å². The molecule has 2 atom stereocenters. The predicted molar refractivity (Wildman–Crippen MR) is 74.0 cm³/mol. The van der Waals surface area contributed by atoms with Gasteiger partial charge in [0.2, 0.25) is 0 Å². The summed E-state index contributed by atoms with van der Waals surface area (Å²) < 4.78 is 19.8. The lowest BCUT2D eigenvalue weighted by molar-refractivity contribution is -0.0474. The molecule has 1 aliphatic rings. The van der Waals surface area contributed by atoms with Crippen molar-refractivity contribution in [3.05, 3.63) is 34.1 Å². The highest BCUT2D eigenvalue weighted by Gasteiger charge is 2.24. The third kappa shape index (κ3) is 3.53. The SMILES string of the molecule is CC(C)CC1CNCC(c2ccc(F)c(Br)c2)O1. The van der Waals surface area contributed by atoms with E-state index < -0.39 is 0 Å². The molecular formula is C14H19BrFNO. The highest BCUT2D eigenvalue weighted by Crippen LogP contribution is 2.27. The van der Waals surface area contributed by atoms with Gasteiger partial charge >= 0.3 is 0 Å². The van der Waals surface area contributed by atoms with Crippen molar-refractivity contribution >= 4 is 15.9 Å². The highest BCUT2D eigenvalue weighted by molar-refractivity contribution is 9.10. The molecule has 2 unspecified atom stereocenters. The summed E-state index contributed by atoms with van der Waals surface area (Å²) in [7, 11) is 0. The van der Waals surface area contributed by atoms with Gasteiger partial charge in [0.15, 0.2) is 0 Å². The second-order valence-electron chi connectivity index (χ2n) is 5.21. The minimum Gasteiger partial charge on any atom is -0.368 e. The van der Waals surface area contributed by atoms with Crippen LogP contribution in [0.4, 0.5) is 4.39 Å². The Morgan fingerprint density at radius 2 is 2.22 bits per heavy atom. The first kappa shape index (κ1) is 14.0. The number of rotatable bonds is 3. The van der Waals surface area contributed by atoms with Gasteiger partial charge < -0.3 is 10.1 Å². The summed E-state index contributed by atoms with van der Waals surface area (Å²) in [6, 6.07) is 5.08. The first-order chi connectivity index (χ1) is 8.56. The molecule has 100 valence electrons. The number of nitrogens with one attached hydrogen (secondary N) is 1. The van der Waals surface area contributed by atoms with Crippen LogP contribution in [-0.2, 0) is 4.74 Å². The molecule has 1 N–H and O–H groups in total. The lowest BCUT2D eigenvalue weighted by Crippen LogP contribution is -2.41. The van der Waals surface area contributed by atoms with E-state index in [-0.39, 0.29) is 18.0 Å². The van der Waals surface area contributed by atoms with E-state index in [4.69, 9.17) is 4.74 Å². The van der Waals surface area contributed by atoms with Crippen molar-refractivity contribution in [1.29, 1.82) is 0 Å². The van der Waals surface area contributed by atoms with Crippen LogP contribution in [0.25, 0.3) is 0 Å². The van der Waals surface area contributed by atoms with Gasteiger partial charge in [0.1, 0.15) is 5.82 Å². The van der Waals surface area contributed by atoms with E-state index in [1.807, 2.05) is 0 Å². The van der Waals surface area contributed by atoms with Gasteiger partial charge in [0.25, 0.3) is 0 Å². The molecule has 18 heavy (non-hydrogen) atoms. The maximum Gasteiger partial charge on any atom is 0.137 e. The van der Waals surface area contributed by atoms with Crippen molar-refractivity contribution in [3.8, 4) is 0 Å². The van der Waals surface area contributed by atoms with Crippen LogP contribution in [0, 0.1) is 11.7 Å². The molecule has 2 rings (SSSR count). The number of hydrogen-bond acceptors (Lipinski definition) is 2. The fourth-order valence-corrected chi connectivity index (χ4v) is 2.67.